The highest BCUT2D eigenvalue weighted by atomic mass is 16.1. The van der Waals surface area contributed by atoms with Crippen molar-refractivity contribution in [2.24, 2.45) is 11.7 Å². The zero-order chi connectivity index (χ0) is 11.5. The number of nitrogens with one attached hydrogen (secondary N) is 1. The smallest absolute Gasteiger partial charge is 0.220 e. The molecule has 0 saturated heterocycles. The third kappa shape index (κ3) is 8.43. The molecule has 1 unspecified atom stereocenters. The summed E-state index contributed by atoms with van der Waals surface area (Å²) in [7, 11) is 0. The highest BCUT2D eigenvalue weighted by molar-refractivity contribution is 5.75. The molecule has 0 saturated carbocycles. The van der Waals surface area contributed by atoms with Crippen LogP contribution in [0.2, 0.25) is 0 Å². The number of rotatable bonds is 9. The van der Waals surface area contributed by atoms with Gasteiger partial charge in [-0.2, -0.15) is 0 Å². The molecule has 0 fully saturated rings. The number of amides is 1. The quantitative estimate of drug-likeness (QED) is 0.617. The topological polar surface area (TPSA) is 55.1 Å². The molecule has 0 aromatic rings. The van der Waals surface area contributed by atoms with Crippen molar-refractivity contribution < 1.29 is 4.79 Å². The van der Waals surface area contributed by atoms with Crippen LogP contribution in [0.4, 0.5) is 0 Å². The summed E-state index contributed by atoms with van der Waals surface area (Å²) in [5.41, 5.74) is 5.53. The number of unbranched alkanes of at least 4 members (excludes halogenated alkanes) is 1. The molecule has 0 aromatic carbocycles. The van der Waals surface area contributed by atoms with Gasteiger partial charge in [0.05, 0.1) is 0 Å². The van der Waals surface area contributed by atoms with E-state index < -0.39 is 0 Å². The summed E-state index contributed by atoms with van der Waals surface area (Å²) in [5.74, 6) is 0.751. The number of carbonyl (C=O) groups is 1. The first-order valence-electron chi connectivity index (χ1n) is 6.21. The van der Waals surface area contributed by atoms with Crippen LogP contribution in [-0.2, 0) is 4.79 Å². The van der Waals surface area contributed by atoms with Crippen LogP contribution in [0.1, 0.15) is 52.4 Å². The van der Waals surface area contributed by atoms with Crippen LogP contribution >= 0.6 is 0 Å². The predicted molar refractivity (Wildman–Crippen MR) is 64.6 cm³/mol. The molecular weight excluding hydrogens is 188 g/mol. The van der Waals surface area contributed by atoms with Crippen molar-refractivity contribution >= 4 is 5.91 Å². The summed E-state index contributed by atoms with van der Waals surface area (Å²) in [6.45, 7) is 5.78. The Balaban J connectivity index is 3.62. The van der Waals surface area contributed by atoms with E-state index in [1.54, 1.807) is 0 Å². The van der Waals surface area contributed by atoms with E-state index in [-0.39, 0.29) is 5.91 Å². The van der Waals surface area contributed by atoms with Crippen LogP contribution in [0.15, 0.2) is 0 Å². The summed E-state index contributed by atoms with van der Waals surface area (Å²) >= 11 is 0. The van der Waals surface area contributed by atoms with Crippen molar-refractivity contribution in [3.8, 4) is 0 Å². The van der Waals surface area contributed by atoms with Crippen molar-refractivity contribution in [3.63, 3.8) is 0 Å². The highest BCUT2D eigenvalue weighted by Crippen LogP contribution is 2.09. The van der Waals surface area contributed by atoms with Gasteiger partial charge in [0.1, 0.15) is 0 Å². The minimum atomic E-state index is 0.190. The van der Waals surface area contributed by atoms with Gasteiger partial charge < -0.3 is 11.1 Å². The Hall–Kier alpha value is -0.570. The molecule has 0 rings (SSSR count). The van der Waals surface area contributed by atoms with Crippen molar-refractivity contribution in [3.05, 3.63) is 0 Å². The molecule has 0 aliphatic carbocycles. The average Bonchev–Trinajstić information content (AvgIpc) is 2.23. The first-order chi connectivity index (χ1) is 7.24. The second-order valence-electron chi connectivity index (χ2n) is 4.14. The van der Waals surface area contributed by atoms with Crippen LogP contribution in [0.25, 0.3) is 0 Å². The lowest BCUT2D eigenvalue weighted by Gasteiger charge is -2.15. The first kappa shape index (κ1) is 14.4. The van der Waals surface area contributed by atoms with E-state index in [9.17, 15) is 4.79 Å². The molecule has 1 atom stereocenters. The van der Waals surface area contributed by atoms with Crippen LogP contribution in [-0.4, -0.2) is 19.0 Å². The van der Waals surface area contributed by atoms with E-state index in [1.165, 1.54) is 0 Å². The van der Waals surface area contributed by atoms with Crippen LogP contribution in [0, 0.1) is 5.92 Å². The van der Waals surface area contributed by atoms with Crippen LogP contribution in [0.3, 0.4) is 0 Å². The first-order valence-corrected chi connectivity index (χ1v) is 6.21. The van der Waals surface area contributed by atoms with Gasteiger partial charge in [0.15, 0.2) is 0 Å². The Morgan fingerprint density at radius 2 is 2.00 bits per heavy atom. The van der Waals surface area contributed by atoms with Gasteiger partial charge >= 0.3 is 0 Å². The van der Waals surface area contributed by atoms with E-state index in [1.807, 2.05) is 0 Å². The lowest BCUT2D eigenvalue weighted by atomic mass is 10.00. The van der Waals surface area contributed by atoms with Gasteiger partial charge in [-0.1, -0.05) is 26.7 Å². The lowest BCUT2D eigenvalue weighted by molar-refractivity contribution is -0.121. The Morgan fingerprint density at radius 3 is 2.53 bits per heavy atom. The summed E-state index contributed by atoms with van der Waals surface area (Å²) in [4.78, 5) is 11.4. The molecule has 0 aliphatic heterocycles. The van der Waals surface area contributed by atoms with Gasteiger partial charge in [0.2, 0.25) is 5.91 Å². The molecule has 1 amide bonds. The second-order valence-corrected chi connectivity index (χ2v) is 4.14. The molecule has 0 aromatic heterocycles. The summed E-state index contributed by atoms with van der Waals surface area (Å²) < 4.78 is 0. The predicted octanol–water partition coefficient (Wildman–Crippen LogP) is 2.06. The van der Waals surface area contributed by atoms with Gasteiger partial charge in [-0.15, -0.1) is 0 Å². The monoisotopic (exact) mass is 214 g/mol. The summed E-state index contributed by atoms with van der Waals surface area (Å²) in [6, 6.07) is 0. The largest absolute Gasteiger partial charge is 0.356 e. The van der Waals surface area contributed by atoms with Crippen LogP contribution in [0.5, 0.6) is 0 Å². The van der Waals surface area contributed by atoms with Gasteiger partial charge in [-0.05, 0) is 31.7 Å². The molecule has 0 spiro atoms. The third-order valence-corrected chi connectivity index (χ3v) is 2.62. The van der Waals surface area contributed by atoms with Gasteiger partial charge in [-0.3, -0.25) is 4.79 Å². The Labute approximate surface area is 93.8 Å². The van der Waals surface area contributed by atoms with E-state index in [0.29, 0.717) is 12.3 Å². The molecule has 90 valence electrons. The molecule has 3 nitrogen and oxygen atoms in total. The molecule has 0 bridgehead atoms. The van der Waals surface area contributed by atoms with E-state index >= 15 is 0 Å². The molecule has 3 heteroatoms. The third-order valence-electron chi connectivity index (χ3n) is 2.62. The van der Waals surface area contributed by atoms with Crippen molar-refractivity contribution in [1.29, 1.82) is 0 Å². The Kier molecular flexibility index (Phi) is 9.59. The average molecular weight is 214 g/mol. The maximum absolute atomic E-state index is 11.4. The molecule has 0 aliphatic rings. The molecule has 0 radical (unpaired) electrons. The zero-order valence-electron chi connectivity index (χ0n) is 10.2. The minimum absolute atomic E-state index is 0.190. The van der Waals surface area contributed by atoms with Crippen LogP contribution < -0.4 is 11.1 Å². The highest BCUT2D eigenvalue weighted by Gasteiger charge is 2.08. The lowest BCUT2D eigenvalue weighted by Crippen LogP contribution is -2.30. The fraction of sp³-hybridized carbons (Fsp3) is 0.917. The number of nitrogens with two attached hydrogens (primary N) is 1. The SMILES string of the molecule is CCCCC(=O)NCC(CCC)CCN. The Morgan fingerprint density at radius 1 is 1.27 bits per heavy atom. The fourth-order valence-corrected chi connectivity index (χ4v) is 1.68. The molecule has 3 N–H and O–H groups in total. The van der Waals surface area contributed by atoms with Gasteiger partial charge in [-0.25, -0.2) is 0 Å². The number of carbonyl (C=O) groups excluding carboxylic acids is 1. The Bertz CT molecular complexity index is 154. The molecular formula is C12H26N2O. The van der Waals surface area contributed by atoms with E-state index in [2.05, 4.69) is 19.2 Å². The minimum Gasteiger partial charge on any atom is -0.356 e. The molecule has 15 heavy (non-hydrogen) atoms. The summed E-state index contributed by atoms with van der Waals surface area (Å²) in [6.07, 6.45) is 6.07. The maximum atomic E-state index is 11.4. The van der Waals surface area contributed by atoms with Crippen molar-refractivity contribution in [1.82, 2.24) is 5.32 Å². The fourth-order valence-electron chi connectivity index (χ4n) is 1.68. The zero-order valence-corrected chi connectivity index (χ0v) is 10.2. The summed E-state index contributed by atoms with van der Waals surface area (Å²) in [5, 5.41) is 2.99. The normalized spacial score (nSPS) is 12.5. The number of hydrogen-bond acceptors (Lipinski definition) is 2. The van der Waals surface area contributed by atoms with E-state index in [4.69, 9.17) is 5.73 Å². The molecule has 0 heterocycles. The van der Waals surface area contributed by atoms with Gasteiger partial charge in [0, 0.05) is 13.0 Å². The number of hydrogen-bond donors (Lipinski definition) is 2. The second kappa shape index (κ2) is 9.97. The van der Waals surface area contributed by atoms with Crippen molar-refractivity contribution in [2.75, 3.05) is 13.1 Å². The standard InChI is InChI=1S/C12H26N2O/c1-3-5-7-12(15)14-10-11(6-4-2)8-9-13/h11H,3-10,13H2,1-2H3,(H,14,15). The van der Waals surface area contributed by atoms with Crippen molar-refractivity contribution in [2.45, 2.75) is 52.4 Å². The van der Waals surface area contributed by atoms with E-state index in [0.717, 1.165) is 45.2 Å². The van der Waals surface area contributed by atoms with Gasteiger partial charge in [0.25, 0.3) is 0 Å². The maximum Gasteiger partial charge on any atom is 0.220 e.